The zero-order chi connectivity index (χ0) is 13.7. The average molecular weight is 290 g/mol. The van der Waals surface area contributed by atoms with E-state index in [1.54, 1.807) is 18.2 Å². The van der Waals surface area contributed by atoms with Crippen molar-refractivity contribution in [2.75, 3.05) is 6.61 Å². The summed E-state index contributed by atoms with van der Waals surface area (Å²) in [6, 6.07) is 4.99. The third-order valence-electron chi connectivity index (χ3n) is 2.64. The van der Waals surface area contributed by atoms with Gasteiger partial charge in [0.1, 0.15) is 5.75 Å². The fraction of sp³-hybridized carbons (Fsp3) is 0.462. The Kier molecular flexibility index (Phi) is 5.76. The summed E-state index contributed by atoms with van der Waals surface area (Å²) in [6.45, 7) is 5.96. The Morgan fingerprint density at radius 1 is 1.33 bits per heavy atom. The molecule has 0 bridgehead atoms. The fourth-order valence-corrected chi connectivity index (χ4v) is 1.53. The van der Waals surface area contributed by atoms with Crippen molar-refractivity contribution in [3.8, 4) is 5.75 Å². The molecule has 0 heterocycles. The van der Waals surface area contributed by atoms with Crippen LogP contribution in [0.2, 0.25) is 10.0 Å². The lowest BCUT2D eigenvalue weighted by molar-refractivity contribution is -0.123. The normalized spacial score (nSPS) is 12.3. The van der Waals surface area contributed by atoms with E-state index in [1.807, 2.05) is 20.8 Å². The summed E-state index contributed by atoms with van der Waals surface area (Å²) >= 11 is 11.7. The highest BCUT2D eigenvalue weighted by Crippen LogP contribution is 2.27. The minimum atomic E-state index is -0.174. The molecule has 0 aliphatic heterocycles. The molecule has 1 amide bonds. The second-order valence-electron chi connectivity index (χ2n) is 4.46. The molecular weight excluding hydrogens is 273 g/mol. The van der Waals surface area contributed by atoms with Crippen molar-refractivity contribution in [2.45, 2.75) is 26.8 Å². The maximum absolute atomic E-state index is 11.6. The van der Waals surface area contributed by atoms with Crippen LogP contribution >= 0.6 is 23.2 Å². The minimum Gasteiger partial charge on any atom is -0.482 e. The molecule has 0 saturated carbocycles. The van der Waals surface area contributed by atoms with Crippen LogP contribution in [-0.2, 0) is 4.79 Å². The number of halogens is 2. The Hall–Kier alpha value is -0.930. The van der Waals surface area contributed by atoms with Crippen molar-refractivity contribution in [1.82, 2.24) is 5.32 Å². The van der Waals surface area contributed by atoms with Crippen LogP contribution in [0.5, 0.6) is 5.75 Å². The first-order valence-electron chi connectivity index (χ1n) is 5.77. The molecule has 0 aliphatic rings. The number of hydrogen-bond acceptors (Lipinski definition) is 2. The molecular formula is C13H17Cl2NO2. The minimum absolute atomic E-state index is 0.0723. The number of amides is 1. The van der Waals surface area contributed by atoms with Gasteiger partial charge in [0.25, 0.3) is 5.91 Å². The van der Waals surface area contributed by atoms with Crippen LogP contribution in [0, 0.1) is 5.92 Å². The van der Waals surface area contributed by atoms with Crippen molar-refractivity contribution >= 4 is 29.1 Å². The first kappa shape index (κ1) is 15.1. The Labute approximate surface area is 117 Å². The molecule has 1 aromatic carbocycles. The van der Waals surface area contributed by atoms with E-state index in [-0.39, 0.29) is 18.6 Å². The zero-order valence-corrected chi connectivity index (χ0v) is 12.2. The zero-order valence-electron chi connectivity index (χ0n) is 10.7. The third-order valence-corrected chi connectivity index (χ3v) is 3.19. The standard InChI is InChI=1S/C13H17Cl2NO2/c1-8(2)9(3)16-13(17)7-18-12-6-10(14)4-5-11(12)15/h4-6,8-9H,7H2,1-3H3,(H,16,17)/t9-/m0/s1. The van der Waals surface area contributed by atoms with Gasteiger partial charge in [-0.1, -0.05) is 37.0 Å². The highest BCUT2D eigenvalue weighted by Gasteiger charge is 2.12. The highest BCUT2D eigenvalue weighted by atomic mass is 35.5. The predicted octanol–water partition coefficient (Wildman–Crippen LogP) is 3.53. The lowest BCUT2D eigenvalue weighted by Crippen LogP contribution is -2.38. The van der Waals surface area contributed by atoms with E-state index in [1.165, 1.54) is 0 Å². The van der Waals surface area contributed by atoms with Crippen LogP contribution in [0.4, 0.5) is 0 Å². The van der Waals surface area contributed by atoms with Crippen molar-refractivity contribution < 1.29 is 9.53 Å². The summed E-state index contributed by atoms with van der Waals surface area (Å²) in [4.78, 5) is 11.6. The number of hydrogen-bond donors (Lipinski definition) is 1. The van der Waals surface area contributed by atoms with Crippen LogP contribution < -0.4 is 10.1 Å². The first-order valence-corrected chi connectivity index (χ1v) is 6.53. The average Bonchev–Trinajstić information content (AvgIpc) is 2.30. The molecule has 1 aromatic rings. The molecule has 0 aromatic heterocycles. The molecule has 0 spiro atoms. The van der Waals surface area contributed by atoms with E-state index in [0.717, 1.165) is 0 Å². The van der Waals surface area contributed by atoms with Crippen molar-refractivity contribution in [3.63, 3.8) is 0 Å². The number of carbonyl (C=O) groups excluding carboxylic acids is 1. The molecule has 1 rings (SSSR count). The van der Waals surface area contributed by atoms with Crippen molar-refractivity contribution in [2.24, 2.45) is 5.92 Å². The summed E-state index contributed by atoms with van der Waals surface area (Å²) in [5, 5.41) is 3.80. The van der Waals surface area contributed by atoms with Crippen LogP contribution in [0.15, 0.2) is 18.2 Å². The van der Waals surface area contributed by atoms with Crippen LogP contribution in [0.25, 0.3) is 0 Å². The number of ether oxygens (including phenoxy) is 1. The number of rotatable bonds is 5. The maximum Gasteiger partial charge on any atom is 0.258 e. The summed E-state index contributed by atoms with van der Waals surface area (Å²) in [5.74, 6) is 0.618. The topological polar surface area (TPSA) is 38.3 Å². The number of benzene rings is 1. The van der Waals surface area contributed by atoms with Gasteiger partial charge in [-0.05, 0) is 25.0 Å². The Balaban J connectivity index is 2.50. The molecule has 0 radical (unpaired) electrons. The van der Waals surface area contributed by atoms with Crippen LogP contribution in [-0.4, -0.2) is 18.6 Å². The van der Waals surface area contributed by atoms with Crippen molar-refractivity contribution in [3.05, 3.63) is 28.2 Å². The van der Waals surface area contributed by atoms with Gasteiger partial charge in [-0.3, -0.25) is 4.79 Å². The second kappa shape index (κ2) is 6.86. The van der Waals surface area contributed by atoms with E-state index < -0.39 is 0 Å². The van der Waals surface area contributed by atoms with E-state index in [2.05, 4.69) is 5.32 Å². The lowest BCUT2D eigenvalue weighted by Gasteiger charge is -2.17. The first-order chi connectivity index (χ1) is 8.40. The lowest BCUT2D eigenvalue weighted by atomic mass is 10.1. The molecule has 0 unspecified atom stereocenters. The molecule has 0 fully saturated rings. The predicted molar refractivity (Wildman–Crippen MR) is 74.4 cm³/mol. The molecule has 0 saturated heterocycles. The summed E-state index contributed by atoms with van der Waals surface area (Å²) in [7, 11) is 0. The molecule has 1 N–H and O–H groups in total. The quantitative estimate of drug-likeness (QED) is 0.900. The van der Waals surface area contributed by atoms with Gasteiger partial charge in [-0.15, -0.1) is 0 Å². The summed E-state index contributed by atoms with van der Waals surface area (Å²) in [5.41, 5.74) is 0. The second-order valence-corrected chi connectivity index (χ2v) is 5.31. The summed E-state index contributed by atoms with van der Waals surface area (Å²) in [6.07, 6.45) is 0. The third kappa shape index (κ3) is 4.75. The van der Waals surface area contributed by atoms with Crippen LogP contribution in [0.3, 0.4) is 0 Å². The highest BCUT2D eigenvalue weighted by molar-refractivity contribution is 6.34. The Morgan fingerprint density at radius 3 is 2.61 bits per heavy atom. The largest absolute Gasteiger partial charge is 0.482 e. The molecule has 18 heavy (non-hydrogen) atoms. The number of nitrogens with one attached hydrogen (secondary N) is 1. The number of carbonyl (C=O) groups is 1. The van der Waals surface area contributed by atoms with E-state index in [4.69, 9.17) is 27.9 Å². The van der Waals surface area contributed by atoms with E-state index in [0.29, 0.717) is 21.7 Å². The van der Waals surface area contributed by atoms with Gasteiger partial charge in [0, 0.05) is 17.1 Å². The van der Waals surface area contributed by atoms with Gasteiger partial charge < -0.3 is 10.1 Å². The van der Waals surface area contributed by atoms with Gasteiger partial charge in [0.15, 0.2) is 6.61 Å². The smallest absolute Gasteiger partial charge is 0.258 e. The molecule has 3 nitrogen and oxygen atoms in total. The van der Waals surface area contributed by atoms with Gasteiger partial charge in [0.2, 0.25) is 0 Å². The van der Waals surface area contributed by atoms with Gasteiger partial charge in [0.05, 0.1) is 5.02 Å². The van der Waals surface area contributed by atoms with Gasteiger partial charge >= 0.3 is 0 Å². The van der Waals surface area contributed by atoms with Crippen LogP contribution in [0.1, 0.15) is 20.8 Å². The SMILES string of the molecule is CC(C)[C@H](C)NC(=O)COc1cc(Cl)ccc1Cl. The van der Waals surface area contributed by atoms with Gasteiger partial charge in [-0.2, -0.15) is 0 Å². The Morgan fingerprint density at radius 2 is 2.00 bits per heavy atom. The molecule has 1 atom stereocenters. The molecule has 5 heteroatoms. The van der Waals surface area contributed by atoms with Gasteiger partial charge in [-0.25, -0.2) is 0 Å². The molecule has 0 aliphatic carbocycles. The molecule has 100 valence electrons. The van der Waals surface area contributed by atoms with E-state index >= 15 is 0 Å². The monoisotopic (exact) mass is 289 g/mol. The summed E-state index contributed by atoms with van der Waals surface area (Å²) < 4.78 is 5.33. The van der Waals surface area contributed by atoms with E-state index in [9.17, 15) is 4.79 Å². The Bertz CT molecular complexity index is 421. The maximum atomic E-state index is 11.6. The fourth-order valence-electron chi connectivity index (χ4n) is 1.19. The van der Waals surface area contributed by atoms with Crippen molar-refractivity contribution in [1.29, 1.82) is 0 Å².